The van der Waals surface area contributed by atoms with Crippen molar-refractivity contribution in [2.75, 3.05) is 0 Å². The first-order valence-electron chi connectivity index (χ1n) is 3.30. The molecule has 0 aromatic rings. The highest BCUT2D eigenvalue weighted by Gasteiger charge is 2.11. The minimum absolute atomic E-state index is 0. The summed E-state index contributed by atoms with van der Waals surface area (Å²) in [6.07, 6.45) is 0.0573. The molecule has 84 valence electrons. The Bertz CT molecular complexity index is 319. The van der Waals surface area contributed by atoms with E-state index in [1.54, 1.807) is 0 Å². The first-order valence-corrected chi connectivity index (χ1v) is 4.66. The Labute approximate surface area is 81.9 Å². The molecule has 1 unspecified atom stereocenters. The predicted molar refractivity (Wildman–Crippen MR) is 48.5 cm³/mol. The molecule has 1 atom stereocenters. The second kappa shape index (κ2) is 5.70. The van der Waals surface area contributed by atoms with Crippen LogP contribution < -0.4 is 6.15 Å². The first-order chi connectivity index (χ1) is 5.72. The Morgan fingerprint density at radius 1 is 1.50 bits per heavy atom. The van der Waals surface area contributed by atoms with Crippen LogP contribution in [0.3, 0.4) is 0 Å². The quantitative estimate of drug-likeness (QED) is 0.466. The molecular weight excluding hydrogens is 214 g/mol. The van der Waals surface area contributed by atoms with Crippen LogP contribution >= 0.6 is 0 Å². The molecule has 0 amide bonds. The normalized spacial score (nSPS) is 14.4. The maximum Gasteiger partial charge on any atom is 0.397 e. The number of hydrogen-bond donors (Lipinski definition) is 3. The molecule has 0 saturated carbocycles. The zero-order chi connectivity index (χ0) is 10.6. The van der Waals surface area contributed by atoms with E-state index < -0.39 is 22.5 Å². The lowest BCUT2D eigenvalue weighted by Crippen LogP contribution is -2.13. The number of carboxylic acids is 1. The molecule has 0 bridgehead atoms. The highest BCUT2D eigenvalue weighted by molar-refractivity contribution is 7.80. The average molecular weight is 227 g/mol. The van der Waals surface area contributed by atoms with E-state index in [1.807, 2.05) is 0 Å². The fraction of sp³-hybridized carbons (Fsp3) is 0.500. The molecule has 0 aromatic carbocycles. The van der Waals surface area contributed by atoms with Gasteiger partial charge in [-0.3, -0.25) is 4.55 Å². The summed E-state index contributed by atoms with van der Waals surface area (Å²) in [6, 6.07) is 0. The molecule has 7 nitrogen and oxygen atoms in total. The van der Waals surface area contributed by atoms with Crippen molar-refractivity contribution in [1.82, 2.24) is 6.15 Å². The number of carbonyl (C=O) groups is 1. The molecule has 0 fully saturated rings. The third-order valence-corrected chi connectivity index (χ3v) is 1.64. The van der Waals surface area contributed by atoms with Gasteiger partial charge in [-0.05, 0) is 19.9 Å². The van der Waals surface area contributed by atoms with Crippen molar-refractivity contribution >= 4 is 16.4 Å². The first kappa shape index (κ1) is 15.5. The van der Waals surface area contributed by atoms with Crippen molar-refractivity contribution in [2.24, 2.45) is 0 Å². The van der Waals surface area contributed by atoms with Crippen LogP contribution in [0.5, 0.6) is 0 Å². The van der Waals surface area contributed by atoms with Crippen LogP contribution in [0.25, 0.3) is 0 Å². The van der Waals surface area contributed by atoms with Gasteiger partial charge in [0.15, 0.2) is 0 Å². The Morgan fingerprint density at radius 2 is 1.93 bits per heavy atom. The largest absolute Gasteiger partial charge is 0.478 e. The topological polar surface area (TPSA) is 136 Å². The van der Waals surface area contributed by atoms with Crippen molar-refractivity contribution in [3.63, 3.8) is 0 Å². The Hall–Kier alpha value is -0.960. The zero-order valence-corrected chi connectivity index (χ0v) is 8.61. The van der Waals surface area contributed by atoms with Crippen LogP contribution in [0.2, 0.25) is 0 Å². The standard InChI is InChI=1S/C6H10O6S.H3N/c1-4(6(7)8)3-5(2)12-13(9,10)11;/h3,5H,1-2H3,(H,7,8)(H,9,10,11);1H3. The van der Waals surface area contributed by atoms with E-state index in [4.69, 9.17) is 9.66 Å². The smallest absolute Gasteiger partial charge is 0.397 e. The molecule has 8 heteroatoms. The van der Waals surface area contributed by atoms with Crippen molar-refractivity contribution in [1.29, 1.82) is 0 Å². The van der Waals surface area contributed by atoms with E-state index in [-0.39, 0.29) is 11.7 Å². The Morgan fingerprint density at radius 3 is 2.21 bits per heavy atom. The van der Waals surface area contributed by atoms with Gasteiger partial charge in [-0.2, -0.15) is 8.42 Å². The highest BCUT2D eigenvalue weighted by atomic mass is 32.3. The summed E-state index contributed by atoms with van der Waals surface area (Å²) in [5.41, 5.74) is -0.0591. The van der Waals surface area contributed by atoms with Gasteiger partial charge in [0.25, 0.3) is 0 Å². The van der Waals surface area contributed by atoms with E-state index in [0.717, 1.165) is 6.08 Å². The van der Waals surface area contributed by atoms with E-state index >= 15 is 0 Å². The summed E-state index contributed by atoms with van der Waals surface area (Å²) in [7, 11) is -4.53. The number of rotatable bonds is 4. The molecule has 14 heavy (non-hydrogen) atoms. The summed E-state index contributed by atoms with van der Waals surface area (Å²) in [4.78, 5) is 10.3. The number of hydrogen-bond acceptors (Lipinski definition) is 5. The van der Waals surface area contributed by atoms with Gasteiger partial charge in [0.1, 0.15) is 0 Å². The average Bonchev–Trinajstić information content (AvgIpc) is 1.81. The predicted octanol–water partition coefficient (Wildman–Crippen LogP) is 0.387. The maximum atomic E-state index is 10.3. The lowest BCUT2D eigenvalue weighted by Gasteiger charge is -2.04. The third kappa shape index (κ3) is 7.68. The maximum absolute atomic E-state index is 10.3. The molecule has 0 aliphatic heterocycles. The van der Waals surface area contributed by atoms with Gasteiger partial charge in [-0.1, -0.05) is 0 Å². The minimum Gasteiger partial charge on any atom is -0.478 e. The van der Waals surface area contributed by atoms with Crippen molar-refractivity contribution < 1.29 is 27.1 Å². The highest BCUT2D eigenvalue weighted by Crippen LogP contribution is 2.02. The van der Waals surface area contributed by atoms with E-state index in [2.05, 4.69) is 4.18 Å². The monoisotopic (exact) mass is 227 g/mol. The molecule has 5 N–H and O–H groups in total. The fourth-order valence-electron chi connectivity index (χ4n) is 0.643. The van der Waals surface area contributed by atoms with Crippen LogP contribution in [0.4, 0.5) is 0 Å². The molecule has 0 aliphatic rings. The van der Waals surface area contributed by atoms with Gasteiger partial charge < -0.3 is 11.3 Å². The lowest BCUT2D eigenvalue weighted by molar-refractivity contribution is -0.132. The Kier molecular flexibility index (Phi) is 6.32. The van der Waals surface area contributed by atoms with Crippen LogP contribution in [0.15, 0.2) is 11.6 Å². The second-order valence-corrected chi connectivity index (χ2v) is 3.43. The summed E-state index contributed by atoms with van der Waals surface area (Å²) in [6.45, 7) is 2.58. The van der Waals surface area contributed by atoms with Gasteiger partial charge in [-0.25, -0.2) is 8.98 Å². The summed E-state index contributed by atoms with van der Waals surface area (Å²) >= 11 is 0. The zero-order valence-electron chi connectivity index (χ0n) is 7.80. The van der Waals surface area contributed by atoms with E-state index in [9.17, 15) is 13.2 Å². The lowest BCUT2D eigenvalue weighted by atomic mass is 10.2. The molecule has 0 aliphatic carbocycles. The van der Waals surface area contributed by atoms with Crippen molar-refractivity contribution in [3.05, 3.63) is 11.6 Å². The molecule has 0 heterocycles. The molecule has 0 aromatic heterocycles. The molecule has 0 spiro atoms. The van der Waals surface area contributed by atoms with E-state index in [1.165, 1.54) is 13.8 Å². The molecule has 0 radical (unpaired) electrons. The SMILES string of the molecule is CC(=CC(C)OS(=O)(=O)O)C(=O)O.N. The second-order valence-electron chi connectivity index (χ2n) is 2.38. The number of carboxylic acid groups (broad SMARTS) is 1. The van der Waals surface area contributed by atoms with E-state index in [0.29, 0.717) is 0 Å². The van der Waals surface area contributed by atoms with Crippen molar-refractivity contribution in [2.45, 2.75) is 20.0 Å². The number of aliphatic carboxylic acids is 1. The van der Waals surface area contributed by atoms with Gasteiger partial charge in [0.05, 0.1) is 6.10 Å². The summed E-state index contributed by atoms with van der Waals surface area (Å²) in [5, 5.41) is 8.39. The molecule has 0 saturated heterocycles. The summed E-state index contributed by atoms with van der Waals surface area (Å²) < 4.78 is 32.6. The van der Waals surface area contributed by atoms with Crippen LogP contribution in [-0.4, -0.2) is 30.2 Å². The Balaban J connectivity index is 0. The van der Waals surface area contributed by atoms with Gasteiger partial charge >= 0.3 is 16.4 Å². The van der Waals surface area contributed by atoms with Crippen molar-refractivity contribution in [3.8, 4) is 0 Å². The van der Waals surface area contributed by atoms with Gasteiger partial charge in [-0.15, -0.1) is 0 Å². The van der Waals surface area contributed by atoms with Crippen LogP contribution in [0, 0.1) is 0 Å². The molecule has 0 rings (SSSR count). The molecular formula is C6H13NO6S. The van der Waals surface area contributed by atoms with Crippen LogP contribution in [0.1, 0.15) is 13.8 Å². The third-order valence-electron chi connectivity index (χ3n) is 1.10. The van der Waals surface area contributed by atoms with Gasteiger partial charge in [0, 0.05) is 5.57 Å². The minimum atomic E-state index is -4.53. The fourth-order valence-corrected chi connectivity index (χ4v) is 1.08. The van der Waals surface area contributed by atoms with Gasteiger partial charge in [0.2, 0.25) is 0 Å². The van der Waals surface area contributed by atoms with Crippen LogP contribution in [-0.2, 0) is 19.4 Å². The summed E-state index contributed by atoms with van der Waals surface area (Å²) in [5.74, 6) is -1.18.